The third-order valence-corrected chi connectivity index (χ3v) is 0. The van der Waals surface area contributed by atoms with Gasteiger partial charge >= 0.3 is 97.8 Å². The molecule has 0 fully saturated rings. The number of hydrogen-bond acceptors (Lipinski definition) is 0. The fourth-order valence-corrected chi connectivity index (χ4v) is 0. The van der Waals surface area contributed by atoms with Crippen LogP contribution in [0.4, 0.5) is 0 Å². The first-order valence-electron chi connectivity index (χ1n) is 0. The van der Waals surface area contributed by atoms with Crippen LogP contribution in [0.3, 0.4) is 0 Å². The van der Waals surface area contributed by atoms with Crippen molar-refractivity contribution in [1.29, 1.82) is 0 Å². The minimum Gasteiger partial charge on any atom is -2.00 e. The Bertz CT molecular complexity index is 11.6. The van der Waals surface area contributed by atoms with Crippen molar-refractivity contribution >= 4 is 45.6 Å². The minimum atomic E-state index is 0. The standard InChI is InChI=1S/Ga.In.O.Y.Zn/q2*+3;-2;+3;+2. The van der Waals surface area contributed by atoms with Crippen LogP contribution in [0.1, 0.15) is 0 Å². The van der Waals surface area contributed by atoms with Crippen LogP contribution in [0.15, 0.2) is 0 Å². The first kappa shape index (κ1) is 41.6. The Labute approximate surface area is 101 Å². The molecule has 0 aromatic carbocycles. The summed E-state index contributed by atoms with van der Waals surface area (Å²) in [5.74, 6) is 0. The van der Waals surface area contributed by atoms with Crippen LogP contribution in [0.5, 0.6) is 0 Å². The van der Waals surface area contributed by atoms with Crippen molar-refractivity contribution in [3.05, 3.63) is 0 Å². The number of hydrogen-bond donors (Lipinski definition) is 0. The van der Waals surface area contributed by atoms with Gasteiger partial charge in [-0.3, -0.25) is 0 Å². The summed E-state index contributed by atoms with van der Waals surface area (Å²) in [6, 6.07) is 0. The molecular formula is GaInOYZn+9. The predicted octanol–water partition coefficient (Wildman–Crippen LogP) is -0.885. The average Bonchev–Trinajstić information content (AvgIpc) is 0. The van der Waals surface area contributed by atoms with Crippen molar-refractivity contribution in [3.63, 3.8) is 0 Å². The molecule has 0 amide bonds. The van der Waals surface area contributed by atoms with E-state index in [4.69, 9.17) is 0 Å². The predicted molar refractivity (Wildman–Crippen MR) is 12.2 cm³/mol. The Morgan fingerprint density at radius 3 is 1.00 bits per heavy atom. The van der Waals surface area contributed by atoms with Gasteiger partial charge in [-0.25, -0.2) is 0 Å². The van der Waals surface area contributed by atoms with E-state index in [1.165, 1.54) is 0 Å². The second-order valence-electron chi connectivity index (χ2n) is 0. The molecule has 0 aliphatic heterocycles. The summed E-state index contributed by atoms with van der Waals surface area (Å²) in [6.45, 7) is 0. The first-order chi connectivity index (χ1) is 0. The molecule has 0 aromatic heterocycles. The molecule has 0 bridgehead atoms. The smallest absolute Gasteiger partial charge is 2.00 e. The summed E-state index contributed by atoms with van der Waals surface area (Å²) in [5.41, 5.74) is 0. The van der Waals surface area contributed by atoms with Crippen LogP contribution in [0.2, 0.25) is 0 Å². The molecule has 0 unspecified atom stereocenters. The zero-order chi connectivity index (χ0) is 0. The Hall–Kier alpha value is 3.19. The van der Waals surface area contributed by atoms with Gasteiger partial charge in [-0.05, 0) is 0 Å². The maximum Gasteiger partial charge on any atom is 3.00 e. The third-order valence-electron chi connectivity index (χ3n) is 0. The van der Waals surface area contributed by atoms with Crippen molar-refractivity contribution in [2.45, 2.75) is 0 Å². The molecule has 0 saturated heterocycles. The van der Waals surface area contributed by atoms with Gasteiger partial charge in [-0.2, -0.15) is 0 Å². The Balaban J connectivity index is 0. The minimum absolute atomic E-state index is 0. The van der Waals surface area contributed by atoms with Crippen LogP contribution in [-0.4, -0.2) is 45.6 Å². The zero-order valence-electron chi connectivity index (χ0n) is 2.85. The third kappa shape index (κ3) is 19.0. The quantitative estimate of drug-likeness (QED) is 0.505. The maximum absolute atomic E-state index is 0. The van der Waals surface area contributed by atoms with E-state index in [1.54, 1.807) is 0 Å². The van der Waals surface area contributed by atoms with E-state index in [0.717, 1.165) is 0 Å². The van der Waals surface area contributed by atoms with Crippen LogP contribution in [0, 0.1) is 0 Å². The molecule has 0 N–H and O–H groups in total. The second kappa shape index (κ2) is 27.1. The van der Waals surface area contributed by atoms with E-state index in [2.05, 4.69) is 0 Å². The van der Waals surface area contributed by atoms with Crippen molar-refractivity contribution in [2.75, 3.05) is 0 Å². The van der Waals surface area contributed by atoms with Gasteiger partial charge in [0.05, 0.1) is 0 Å². The Morgan fingerprint density at radius 2 is 1.00 bits per heavy atom. The molecule has 0 heterocycles. The molecule has 8 valence electrons. The maximum atomic E-state index is 0. The topological polar surface area (TPSA) is 28.5 Å². The largest absolute Gasteiger partial charge is 3.00 e. The van der Waals surface area contributed by atoms with Crippen molar-refractivity contribution in [1.82, 2.24) is 0 Å². The average molecular weight is 355 g/mol. The van der Waals surface area contributed by atoms with E-state index >= 15 is 0 Å². The summed E-state index contributed by atoms with van der Waals surface area (Å²) < 4.78 is 0. The monoisotopic (exact) mass is 353 g/mol. The molecule has 0 saturated carbocycles. The van der Waals surface area contributed by atoms with Crippen molar-refractivity contribution in [2.24, 2.45) is 0 Å². The van der Waals surface area contributed by atoms with Gasteiger partial charge in [0.1, 0.15) is 0 Å². The molecule has 0 aliphatic carbocycles. The van der Waals surface area contributed by atoms with Gasteiger partial charge < -0.3 is 5.48 Å². The van der Waals surface area contributed by atoms with E-state index in [0.29, 0.717) is 0 Å². The van der Waals surface area contributed by atoms with Crippen LogP contribution >= 0.6 is 0 Å². The first-order valence-corrected chi connectivity index (χ1v) is 0. The van der Waals surface area contributed by atoms with Crippen LogP contribution in [0.25, 0.3) is 0 Å². The van der Waals surface area contributed by atoms with Crippen LogP contribution < -0.4 is 0 Å². The molecule has 0 spiro atoms. The van der Waals surface area contributed by atoms with Crippen molar-refractivity contribution < 1.29 is 57.7 Å². The molecule has 0 aliphatic rings. The molecule has 0 rings (SSSR count). The van der Waals surface area contributed by atoms with Crippen LogP contribution in [-0.2, 0) is 57.7 Å². The summed E-state index contributed by atoms with van der Waals surface area (Å²) in [4.78, 5) is 0. The number of rotatable bonds is 0. The summed E-state index contributed by atoms with van der Waals surface area (Å²) in [7, 11) is 0. The van der Waals surface area contributed by atoms with E-state index in [-0.39, 0.29) is 103 Å². The molecule has 0 atom stereocenters. The molecule has 0 aromatic rings. The molecular weight excluding hydrogens is 355 g/mol. The van der Waals surface area contributed by atoms with Gasteiger partial charge in [0.25, 0.3) is 0 Å². The Kier molecular flexibility index (Phi) is 225. The summed E-state index contributed by atoms with van der Waals surface area (Å²) in [5, 5.41) is 0. The van der Waals surface area contributed by atoms with Gasteiger partial charge in [0.2, 0.25) is 0 Å². The molecule has 5 heteroatoms. The fraction of sp³-hybridized carbons (Fsp3) is 0. The Morgan fingerprint density at radius 1 is 1.00 bits per heavy atom. The van der Waals surface area contributed by atoms with E-state index < -0.39 is 0 Å². The van der Waals surface area contributed by atoms with Gasteiger partial charge in [0.15, 0.2) is 0 Å². The SMILES string of the molecule is [Ga+3].[In+3].[O-2].[Y+3].[Zn+2]. The molecule has 1 nitrogen and oxygen atoms in total. The van der Waals surface area contributed by atoms with E-state index in [9.17, 15) is 0 Å². The summed E-state index contributed by atoms with van der Waals surface area (Å²) >= 11 is 0. The summed E-state index contributed by atoms with van der Waals surface area (Å²) in [6.07, 6.45) is 0. The van der Waals surface area contributed by atoms with Gasteiger partial charge in [-0.1, -0.05) is 0 Å². The molecule has 0 radical (unpaired) electrons. The second-order valence-corrected chi connectivity index (χ2v) is 0. The van der Waals surface area contributed by atoms with Gasteiger partial charge in [-0.15, -0.1) is 0 Å². The van der Waals surface area contributed by atoms with Gasteiger partial charge in [0, 0.05) is 0 Å². The normalized spacial score (nSPS) is 0. The fourth-order valence-electron chi connectivity index (χ4n) is 0. The van der Waals surface area contributed by atoms with Crippen molar-refractivity contribution in [3.8, 4) is 0 Å². The molecule has 5 heavy (non-hydrogen) atoms. The zero-order valence-corrected chi connectivity index (χ0v) is 14.4. The van der Waals surface area contributed by atoms with E-state index in [1.807, 2.05) is 0 Å².